The van der Waals surface area contributed by atoms with Crippen molar-refractivity contribution in [3.8, 4) is 0 Å². The first-order valence-corrected chi connectivity index (χ1v) is 7.90. The van der Waals surface area contributed by atoms with E-state index in [0.717, 1.165) is 24.1 Å². The van der Waals surface area contributed by atoms with E-state index in [-0.39, 0.29) is 17.7 Å². The molecule has 5 nitrogen and oxygen atoms in total. The molecule has 6 heteroatoms. The van der Waals surface area contributed by atoms with E-state index in [1.165, 1.54) is 0 Å². The van der Waals surface area contributed by atoms with Gasteiger partial charge in [0.2, 0.25) is 5.91 Å². The molecule has 1 saturated carbocycles. The number of H-pyrrole nitrogens is 1. The smallest absolute Gasteiger partial charge is 0.254 e. The van der Waals surface area contributed by atoms with E-state index >= 15 is 0 Å². The standard InChI is InChI=1S/C17H17N3O2S/c21-15(12-5-6-12)20-13-7-3-11(4-8-13)10-19-16(22)14-2-1-9-18-17(14)23/h1-4,7-9,12H,5-6,10H2,(H,18,23)(H,19,22)(H,20,21). The third-order valence-corrected chi connectivity index (χ3v) is 4.02. The first kappa shape index (κ1) is 15.4. The second kappa shape index (κ2) is 6.75. The van der Waals surface area contributed by atoms with Gasteiger partial charge < -0.3 is 15.6 Å². The van der Waals surface area contributed by atoms with Crippen LogP contribution in [0, 0.1) is 10.6 Å². The Labute approximate surface area is 139 Å². The molecule has 1 heterocycles. The summed E-state index contributed by atoms with van der Waals surface area (Å²) in [5, 5.41) is 5.72. The number of aromatic amines is 1. The molecule has 3 N–H and O–H groups in total. The van der Waals surface area contributed by atoms with E-state index in [1.807, 2.05) is 24.3 Å². The van der Waals surface area contributed by atoms with Crippen molar-refractivity contribution in [2.24, 2.45) is 5.92 Å². The number of rotatable bonds is 5. The van der Waals surface area contributed by atoms with Crippen molar-refractivity contribution >= 4 is 29.7 Å². The highest BCUT2D eigenvalue weighted by Gasteiger charge is 2.29. The molecule has 1 aromatic heterocycles. The molecule has 2 aromatic rings. The lowest BCUT2D eigenvalue weighted by atomic mass is 10.2. The van der Waals surface area contributed by atoms with Crippen LogP contribution in [-0.2, 0) is 11.3 Å². The quantitative estimate of drug-likeness (QED) is 0.739. The first-order chi connectivity index (χ1) is 11.1. The minimum Gasteiger partial charge on any atom is -0.352 e. The molecule has 0 spiro atoms. The Morgan fingerprint density at radius 1 is 1.17 bits per heavy atom. The molecule has 1 aromatic carbocycles. The third kappa shape index (κ3) is 4.04. The minimum atomic E-state index is -0.210. The second-order valence-electron chi connectivity index (χ2n) is 5.56. The first-order valence-electron chi connectivity index (χ1n) is 7.49. The highest BCUT2D eigenvalue weighted by molar-refractivity contribution is 7.71. The van der Waals surface area contributed by atoms with E-state index < -0.39 is 0 Å². The predicted octanol–water partition coefficient (Wildman–Crippen LogP) is 3.02. The zero-order chi connectivity index (χ0) is 16.2. The van der Waals surface area contributed by atoms with Gasteiger partial charge in [0, 0.05) is 24.3 Å². The number of hydrogen-bond donors (Lipinski definition) is 3. The maximum atomic E-state index is 12.1. The number of nitrogens with one attached hydrogen (secondary N) is 3. The van der Waals surface area contributed by atoms with Gasteiger partial charge in [-0.1, -0.05) is 24.4 Å². The van der Waals surface area contributed by atoms with Gasteiger partial charge in [0.05, 0.1) is 5.56 Å². The Kier molecular flexibility index (Phi) is 4.52. The average Bonchev–Trinajstić information content (AvgIpc) is 3.39. The monoisotopic (exact) mass is 327 g/mol. The van der Waals surface area contributed by atoms with Crippen molar-refractivity contribution < 1.29 is 9.59 Å². The van der Waals surface area contributed by atoms with Gasteiger partial charge >= 0.3 is 0 Å². The van der Waals surface area contributed by atoms with Crippen LogP contribution in [0.15, 0.2) is 42.6 Å². The molecule has 23 heavy (non-hydrogen) atoms. The Balaban J connectivity index is 1.56. The topological polar surface area (TPSA) is 74.0 Å². The SMILES string of the molecule is O=C(NCc1ccc(NC(=O)C2CC2)cc1)c1ccc[nH]c1=S. The number of hydrogen-bond acceptors (Lipinski definition) is 3. The van der Waals surface area contributed by atoms with E-state index in [4.69, 9.17) is 12.2 Å². The average molecular weight is 327 g/mol. The molecular formula is C17H17N3O2S. The number of aromatic nitrogens is 1. The fourth-order valence-corrected chi connectivity index (χ4v) is 2.40. The number of pyridine rings is 1. The summed E-state index contributed by atoms with van der Waals surface area (Å²) < 4.78 is 0.420. The zero-order valence-corrected chi connectivity index (χ0v) is 13.3. The number of amides is 2. The highest BCUT2D eigenvalue weighted by Crippen LogP contribution is 2.30. The molecule has 0 radical (unpaired) electrons. The lowest BCUT2D eigenvalue weighted by Crippen LogP contribution is -2.23. The summed E-state index contributed by atoms with van der Waals surface area (Å²) in [6, 6.07) is 10.9. The molecule has 0 saturated heterocycles. The van der Waals surface area contributed by atoms with E-state index in [9.17, 15) is 9.59 Å². The lowest BCUT2D eigenvalue weighted by molar-refractivity contribution is -0.117. The number of carbonyl (C=O) groups excluding carboxylic acids is 2. The van der Waals surface area contributed by atoms with Crippen molar-refractivity contribution in [2.75, 3.05) is 5.32 Å². The molecule has 0 atom stereocenters. The normalized spacial score (nSPS) is 13.4. The van der Waals surface area contributed by atoms with Gasteiger partial charge in [-0.15, -0.1) is 0 Å². The Bertz CT molecular complexity index is 779. The maximum Gasteiger partial charge on any atom is 0.254 e. The van der Waals surface area contributed by atoms with Crippen LogP contribution >= 0.6 is 12.2 Å². The third-order valence-electron chi connectivity index (χ3n) is 3.69. The molecule has 1 aliphatic rings. The summed E-state index contributed by atoms with van der Waals surface area (Å²) in [5.74, 6) is 0.0616. The lowest BCUT2D eigenvalue weighted by Gasteiger charge is -2.08. The van der Waals surface area contributed by atoms with E-state index in [2.05, 4.69) is 15.6 Å². The van der Waals surface area contributed by atoms with Crippen molar-refractivity contribution in [3.05, 3.63) is 58.4 Å². The van der Waals surface area contributed by atoms with Crippen molar-refractivity contribution in [1.82, 2.24) is 10.3 Å². The molecule has 118 valence electrons. The zero-order valence-electron chi connectivity index (χ0n) is 12.5. The van der Waals surface area contributed by atoms with Gasteiger partial charge in [0.15, 0.2) is 0 Å². The van der Waals surface area contributed by atoms with Crippen molar-refractivity contribution in [2.45, 2.75) is 19.4 Å². The van der Waals surface area contributed by atoms with Gasteiger partial charge in [-0.25, -0.2) is 0 Å². The number of benzene rings is 1. The highest BCUT2D eigenvalue weighted by atomic mass is 32.1. The second-order valence-corrected chi connectivity index (χ2v) is 5.96. The summed E-state index contributed by atoms with van der Waals surface area (Å²) in [6.45, 7) is 0.402. The molecule has 2 amide bonds. The molecule has 0 unspecified atom stereocenters. The van der Waals surface area contributed by atoms with Crippen LogP contribution < -0.4 is 10.6 Å². The molecule has 1 fully saturated rings. The van der Waals surface area contributed by atoms with Crippen LogP contribution in [0.25, 0.3) is 0 Å². The summed E-state index contributed by atoms with van der Waals surface area (Å²) in [6.07, 6.45) is 3.66. The van der Waals surface area contributed by atoms with Crippen molar-refractivity contribution in [1.29, 1.82) is 0 Å². The van der Waals surface area contributed by atoms with E-state index in [0.29, 0.717) is 16.7 Å². The Morgan fingerprint density at radius 2 is 1.91 bits per heavy atom. The summed E-state index contributed by atoms with van der Waals surface area (Å²) >= 11 is 5.09. The number of anilines is 1. The van der Waals surface area contributed by atoms with Crippen LogP contribution in [0.3, 0.4) is 0 Å². The van der Waals surface area contributed by atoms with Crippen LogP contribution in [0.5, 0.6) is 0 Å². The van der Waals surface area contributed by atoms with Gasteiger partial charge in [-0.3, -0.25) is 9.59 Å². The number of carbonyl (C=O) groups is 2. The van der Waals surface area contributed by atoms with Gasteiger partial charge in [0.1, 0.15) is 4.64 Å². The molecule has 1 aliphatic carbocycles. The maximum absolute atomic E-state index is 12.1. The summed E-state index contributed by atoms with van der Waals surface area (Å²) in [7, 11) is 0. The largest absolute Gasteiger partial charge is 0.352 e. The molecular weight excluding hydrogens is 310 g/mol. The Morgan fingerprint density at radius 3 is 2.57 bits per heavy atom. The summed E-state index contributed by atoms with van der Waals surface area (Å²) in [5.41, 5.74) is 2.19. The Hall–Kier alpha value is -2.47. The molecule has 0 bridgehead atoms. The molecule has 0 aliphatic heterocycles. The predicted molar refractivity (Wildman–Crippen MR) is 90.6 cm³/mol. The summed E-state index contributed by atoms with van der Waals surface area (Å²) in [4.78, 5) is 26.6. The van der Waals surface area contributed by atoms with Crippen LogP contribution in [0.4, 0.5) is 5.69 Å². The van der Waals surface area contributed by atoms with Crippen molar-refractivity contribution in [3.63, 3.8) is 0 Å². The fourth-order valence-electron chi connectivity index (χ4n) is 2.17. The van der Waals surface area contributed by atoms with Crippen LogP contribution in [0.2, 0.25) is 0 Å². The van der Waals surface area contributed by atoms with E-state index in [1.54, 1.807) is 18.3 Å². The van der Waals surface area contributed by atoms with Gasteiger partial charge in [0.25, 0.3) is 5.91 Å². The van der Waals surface area contributed by atoms with Crippen LogP contribution in [-0.4, -0.2) is 16.8 Å². The molecule has 3 rings (SSSR count). The van der Waals surface area contributed by atoms with Crippen LogP contribution in [0.1, 0.15) is 28.8 Å². The van der Waals surface area contributed by atoms with Gasteiger partial charge in [-0.05, 0) is 42.7 Å². The van der Waals surface area contributed by atoms with Gasteiger partial charge in [-0.2, -0.15) is 0 Å². The fraction of sp³-hybridized carbons (Fsp3) is 0.235. The minimum absolute atomic E-state index is 0.0874.